The molecule has 2 unspecified atom stereocenters. The molecular formula is C22H33NO2. The Labute approximate surface area is 153 Å². The second-order valence-corrected chi connectivity index (χ2v) is 6.89. The summed E-state index contributed by atoms with van der Waals surface area (Å²) in [4.78, 5) is 11.1. The van der Waals surface area contributed by atoms with Crippen molar-refractivity contribution >= 4 is 0 Å². The standard InChI is InChI=1S/C22H33NO2/c1-6-7-8-9-10-14-21(25-17(2)3)16-22(19(5)23-24)20-13-11-12-18(4)15-20/h10-12,14-17,20-21H,5-9,13H2,1-4H3/b14-10+,22-16?. The minimum absolute atomic E-state index is 0.101. The van der Waals surface area contributed by atoms with Crippen molar-refractivity contribution in [3.8, 4) is 0 Å². The summed E-state index contributed by atoms with van der Waals surface area (Å²) in [7, 11) is 0. The average molecular weight is 344 g/mol. The van der Waals surface area contributed by atoms with E-state index < -0.39 is 0 Å². The lowest BCUT2D eigenvalue weighted by molar-refractivity contribution is 0.0606. The lowest BCUT2D eigenvalue weighted by Crippen LogP contribution is -2.16. The van der Waals surface area contributed by atoms with Crippen LogP contribution in [0.2, 0.25) is 0 Å². The molecule has 0 bridgehead atoms. The molecule has 2 atom stereocenters. The molecule has 0 saturated heterocycles. The van der Waals surface area contributed by atoms with Crippen molar-refractivity contribution in [1.82, 2.24) is 0 Å². The van der Waals surface area contributed by atoms with E-state index in [1.807, 2.05) is 19.9 Å². The van der Waals surface area contributed by atoms with Gasteiger partial charge < -0.3 is 4.74 Å². The first-order chi connectivity index (χ1) is 12.0. The molecule has 0 aromatic carbocycles. The Balaban J connectivity index is 2.98. The zero-order valence-electron chi connectivity index (χ0n) is 16.2. The van der Waals surface area contributed by atoms with Crippen LogP contribution in [0.1, 0.15) is 59.8 Å². The van der Waals surface area contributed by atoms with Gasteiger partial charge in [0, 0.05) is 5.92 Å². The Hall–Kier alpha value is -1.74. The molecule has 0 spiro atoms. The quantitative estimate of drug-likeness (QED) is 0.182. The van der Waals surface area contributed by atoms with E-state index in [9.17, 15) is 4.91 Å². The van der Waals surface area contributed by atoms with Gasteiger partial charge in [0.25, 0.3) is 0 Å². The van der Waals surface area contributed by atoms with Gasteiger partial charge in [0.15, 0.2) is 0 Å². The van der Waals surface area contributed by atoms with Crippen molar-refractivity contribution in [3.05, 3.63) is 64.8 Å². The van der Waals surface area contributed by atoms with E-state index in [4.69, 9.17) is 4.74 Å². The van der Waals surface area contributed by atoms with Crippen molar-refractivity contribution < 1.29 is 4.74 Å². The summed E-state index contributed by atoms with van der Waals surface area (Å²) in [6.07, 6.45) is 18.1. The fourth-order valence-electron chi connectivity index (χ4n) is 2.92. The molecule has 0 amide bonds. The fourth-order valence-corrected chi connectivity index (χ4v) is 2.92. The van der Waals surface area contributed by atoms with E-state index in [2.05, 4.69) is 56.0 Å². The first-order valence-electron chi connectivity index (χ1n) is 9.39. The van der Waals surface area contributed by atoms with Gasteiger partial charge in [-0.3, -0.25) is 0 Å². The van der Waals surface area contributed by atoms with Crippen molar-refractivity contribution in [2.24, 2.45) is 11.1 Å². The number of ether oxygens (including phenoxy) is 1. The van der Waals surface area contributed by atoms with Crippen LogP contribution >= 0.6 is 0 Å². The zero-order valence-corrected chi connectivity index (χ0v) is 16.2. The van der Waals surface area contributed by atoms with Crippen LogP contribution in [-0.2, 0) is 4.74 Å². The highest BCUT2D eigenvalue weighted by atomic mass is 16.5. The Morgan fingerprint density at radius 2 is 2.20 bits per heavy atom. The molecule has 1 aliphatic rings. The van der Waals surface area contributed by atoms with Crippen LogP contribution in [0.4, 0.5) is 0 Å². The second kappa shape index (κ2) is 11.8. The largest absolute Gasteiger partial charge is 0.367 e. The van der Waals surface area contributed by atoms with Crippen molar-refractivity contribution in [2.75, 3.05) is 0 Å². The molecule has 3 nitrogen and oxygen atoms in total. The first-order valence-corrected chi connectivity index (χ1v) is 9.39. The van der Waals surface area contributed by atoms with Crippen LogP contribution in [0.3, 0.4) is 0 Å². The number of nitrogens with zero attached hydrogens (tertiary/aromatic N) is 1. The van der Waals surface area contributed by atoms with Crippen LogP contribution in [-0.4, -0.2) is 12.2 Å². The van der Waals surface area contributed by atoms with E-state index in [-0.39, 0.29) is 18.1 Å². The summed E-state index contributed by atoms with van der Waals surface area (Å²) >= 11 is 0. The Morgan fingerprint density at radius 1 is 1.44 bits per heavy atom. The number of hydrogen-bond donors (Lipinski definition) is 0. The van der Waals surface area contributed by atoms with Gasteiger partial charge in [0.2, 0.25) is 0 Å². The maximum Gasteiger partial charge on any atom is 0.104 e. The summed E-state index contributed by atoms with van der Waals surface area (Å²) in [5.41, 5.74) is 2.35. The number of nitroso groups, excluding NO2 is 1. The molecule has 0 fully saturated rings. The molecule has 25 heavy (non-hydrogen) atoms. The smallest absolute Gasteiger partial charge is 0.104 e. The SMILES string of the molecule is C=C(N=O)C(=CC(/C=C/CCCCC)OC(C)C)C1C=C(C)C=CC1. The molecule has 0 radical (unpaired) electrons. The van der Waals surface area contributed by atoms with Gasteiger partial charge in [-0.1, -0.05) is 62.3 Å². The Kier molecular flexibility index (Phi) is 10.0. The van der Waals surface area contributed by atoms with Gasteiger partial charge in [-0.25, -0.2) is 0 Å². The molecular weight excluding hydrogens is 310 g/mol. The minimum Gasteiger partial charge on any atom is -0.367 e. The molecule has 0 aliphatic heterocycles. The predicted octanol–water partition coefficient (Wildman–Crippen LogP) is 6.65. The highest BCUT2D eigenvalue weighted by molar-refractivity contribution is 5.38. The van der Waals surface area contributed by atoms with Crippen molar-refractivity contribution in [1.29, 1.82) is 0 Å². The summed E-state index contributed by atoms with van der Waals surface area (Å²) in [6, 6.07) is 0. The van der Waals surface area contributed by atoms with Crippen LogP contribution < -0.4 is 0 Å². The summed E-state index contributed by atoms with van der Waals surface area (Å²) in [5.74, 6) is 0.127. The minimum atomic E-state index is -0.172. The average Bonchev–Trinajstić information content (AvgIpc) is 2.58. The predicted molar refractivity (Wildman–Crippen MR) is 107 cm³/mol. The Morgan fingerprint density at radius 3 is 2.80 bits per heavy atom. The van der Waals surface area contributed by atoms with E-state index >= 15 is 0 Å². The van der Waals surface area contributed by atoms with Crippen LogP contribution in [0.25, 0.3) is 0 Å². The molecule has 0 aromatic heterocycles. The van der Waals surface area contributed by atoms with E-state index in [0.717, 1.165) is 18.4 Å². The lowest BCUT2D eigenvalue weighted by atomic mass is 9.87. The van der Waals surface area contributed by atoms with Crippen molar-refractivity contribution in [3.63, 3.8) is 0 Å². The molecule has 0 aromatic rings. The van der Waals surface area contributed by atoms with Crippen LogP contribution in [0.5, 0.6) is 0 Å². The fraction of sp³-hybridized carbons (Fsp3) is 0.545. The van der Waals surface area contributed by atoms with Crippen LogP contribution in [0, 0.1) is 10.8 Å². The molecule has 0 saturated carbocycles. The summed E-state index contributed by atoms with van der Waals surface area (Å²) in [5, 5.41) is 3.10. The third kappa shape index (κ3) is 8.26. The maximum absolute atomic E-state index is 11.1. The van der Waals surface area contributed by atoms with Gasteiger partial charge in [-0.2, -0.15) is 0 Å². The number of hydrogen-bond acceptors (Lipinski definition) is 3. The highest BCUT2D eigenvalue weighted by Crippen LogP contribution is 2.29. The van der Waals surface area contributed by atoms with E-state index in [0.29, 0.717) is 5.70 Å². The number of unbranched alkanes of at least 4 members (excludes halogenated alkanes) is 3. The number of rotatable bonds is 11. The highest BCUT2D eigenvalue weighted by Gasteiger charge is 2.19. The summed E-state index contributed by atoms with van der Waals surface area (Å²) < 4.78 is 6.01. The molecule has 3 heteroatoms. The van der Waals surface area contributed by atoms with Gasteiger partial charge in [0.1, 0.15) is 5.70 Å². The molecule has 0 heterocycles. The third-order valence-corrected chi connectivity index (χ3v) is 4.15. The van der Waals surface area contributed by atoms with E-state index in [1.165, 1.54) is 24.8 Å². The number of allylic oxidation sites excluding steroid dienone is 6. The van der Waals surface area contributed by atoms with Gasteiger partial charge in [0.05, 0.1) is 12.2 Å². The normalized spacial score (nSPS) is 19.3. The molecule has 1 rings (SSSR count). The first kappa shape index (κ1) is 21.3. The zero-order chi connectivity index (χ0) is 18.7. The summed E-state index contributed by atoms with van der Waals surface area (Å²) in [6.45, 7) is 12.2. The van der Waals surface area contributed by atoms with Gasteiger partial charge in [-0.15, -0.1) is 4.91 Å². The van der Waals surface area contributed by atoms with Gasteiger partial charge >= 0.3 is 0 Å². The monoisotopic (exact) mass is 343 g/mol. The third-order valence-electron chi connectivity index (χ3n) is 4.15. The van der Waals surface area contributed by atoms with E-state index in [1.54, 1.807) is 0 Å². The van der Waals surface area contributed by atoms with Crippen molar-refractivity contribution in [2.45, 2.75) is 72.0 Å². The molecule has 1 aliphatic carbocycles. The Bertz CT molecular complexity index is 552. The second-order valence-electron chi connectivity index (χ2n) is 6.89. The van der Waals surface area contributed by atoms with Gasteiger partial charge in [-0.05, 0) is 56.9 Å². The molecule has 138 valence electrons. The lowest BCUT2D eigenvalue weighted by Gasteiger charge is -2.21. The maximum atomic E-state index is 11.1. The van der Waals surface area contributed by atoms with Crippen LogP contribution in [0.15, 0.2) is 65.1 Å². The topological polar surface area (TPSA) is 38.7 Å². The molecule has 0 N–H and O–H groups in total.